The maximum Gasteiger partial charge on any atom is 0.235 e. The van der Waals surface area contributed by atoms with E-state index in [0.717, 1.165) is 44.3 Å². The molecule has 13 aromatic rings. The van der Waals surface area contributed by atoms with E-state index in [0.29, 0.717) is 5.95 Å². The molecule has 60 heavy (non-hydrogen) atoms. The van der Waals surface area contributed by atoms with Crippen LogP contribution in [0.5, 0.6) is 0 Å². The van der Waals surface area contributed by atoms with Crippen LogP contribution in [0.2, 0.25) is 0 Å². The molecule has 0 unspecified atom stereocenters. The van der Waals surface area contributed by atoms with Crippen molar-refractivity contribution in [3.8, 4) is 34.0 Å². The molecule has 3 heterocycles. The average molecular weight is 763 g/mol. The fourth-order valence-corrected chi connectivity index (χ4v) is 9.99. The van der Waals surface area contributed by atoms with Gasteiger partial charge < -0.3 is 4.57 Å². The molecule has 0 aliphatic carbocycles. The second-order valence-electron chi connectivity index (χ2n) is 15.7. The molecule has 4 nitrogen and oxygen atoms in total. The van der Waals surface area contributed by atoms with Gasteiger partial charge in [-0.1, -0.05) is 176 Å². The molecule has 4 heteroatoms. The van der Waals surface area contributed by atoms with Gasteiger partial charge in [0.05, 0.1) is 33.3 Å². The SMILES string of the molecule is c1ccc(-c2ccc(-c3nc(-n4c5ccccc5c5c6c(c7ccccc7c7c6c6ccccc6n7-c6ccccc6)c6ccccc6c54)nc4ccccc34)cc2)cc1. The quantitative estimate of drug-likeness (QED) is 0.167. The summed E-state index contributed by atoms with van der Waals surface area (Å²) in [4.78, 5) is 11.0. The van der Waals surface area contributed by atoms with E-state index in [2.05, 4.69) is 215 Å². The summed E-state index contributed by atoms with van der Waals surface area (Å²) in [6.45, 7) is 0. The minimum absolute atomic E-state index is 0.648. The lowest BCUT2D eigenvalue weighted by molar-refractivity contribution is 1.02. The van der Waals surface area contributed by atoms with E-state index in [4.69, 9.17) is 9.97 Å². The van der Waals surface area contributed by atoms with Gasteiger partial charge in [0, 0.05) is 54.3 Å². The maximum absolute atomic E-state index is 5.56. The van der Waals surface area contributed by atoms with Crippen LogP contribution < -0.4 is 0 Å². The zero-order valence-electron chi connectivity index (χ0n) is 32.4. The summed E-state index contributed by atoms with van der Waals surface area (Å²) in [5.41, 5.74) is 10.9. The number of nitrogens with zero attached hydrogens (tertiary/aromatic N) is 4. The van der Waals surface area contributed by atoms with Crippen molar-refractivity contribution < 1.29 is 0 Å². The standard InChI is InChI=1S/C56H34N4/c1-3-17-35(18-4-1)36-31-33-37(34-32-36)53-43-25-11-14-28-46(43)57-56(58-53)60-48-30-16-13-27-45(48)51-52-49(40-22-8-10-24-42(40)55(51)60)39-21-7-9-23-41(39)54-50(52)44-26-12-15-29-47(44)59(54)38-19-5-2-6-20-38/h1-34H. The topological polar surface area (TPSA) is 35.6 Å². The van der Waals surface area contributed by atoms with Crippen LogP contribution in [0.25, 0.3) is 121 Å². The van der Waals surface area contributed by atoms with Crippen LogP contribution in [0.4, 0.5) is 0 Å². The summed E-state index contributed by atoms with van der Waals surface area (Å²) in [7, 11) is 0. The van der Waals surface area contributed by atoms with Gasteiger partial charge in [-0.25, -0.2) is 9.97 Å². The van der Waals surface area contributed by atoms with Gasteiger partial charge in [-0.05, 0) is 57.6 Å². The number of para-hydroxylation sites is 4. The van der Waals surface area contributed by atoms with Crippen LogP contribution in [0.1, 0.15) is 0 Å². The van der Waals surface area contributed by atoms with Gasteiger partial charge in [0.1, 0.15) is 0 Å². The summed E-state index contributed by atoms with van der Waals surface area (Å²) in [5.74, 6) is 0.648. The van der Waals surface area contributed by atoms with E-state index in [1.165, 1.54) is 70.6 Å². The Bertz CT molecular complexity index is 3860. The second-order valence-corrected chi connectivity index (χ2v) is 15.7. The van der Waals surface area contributed by atoms with Gasteiger partial charge in [-0.2, -0.15) is 0 Å². The van der Waals surface area contributed by atoms with Crippen LogP contribution in [0.15, 0.2) is 206 Å². The van der Waals surface area contributed by atoms with Crippen LogP contribution >= 0.6 is 0 Å². The van der Waals surface area contributed by atoms with Crippen molar-refractivity contribution in [3.63, 3.8) is 0 Å². The second kappa shape index (κ2) is 12.7. The minimum atomic E-state index is 0.648. The molecule has 0 bridgehead atoms. The minimum Gasteiger partial charge on any atom is -0.309 e. The molecule has 0 fully saturated rings. The Morgan fingerprint density at radius 2 is 0.733 bits per heavy atom. The molecule has 10 aromatic carbocycles. The van der Waals surface area contributed by atoms with Crippen LogP contribution in [-0.4, -0.2) is 19.1 Å². The first-order valence-corrected chi connectivity index (χ1v) is 20.5. The Balaban J connectivity index is 1.22. The van der Waals surface area contributed by atoms with Crippen LogP contribution in [-0.2, 0) is 0 Å². The van der Waals surface area contributed by atoms with Crippen molar-refractivity contribution in [2.45, 2.75) is 0 Å². The molecule has 13 rings (SSSR count). The third kappa shape index (κ3) is 4.61. The van der Waals surface area contributed by atoms with Gasteiger partial charge >= 0.3 is 0 Å². The van der Waals surface area contributed by atoms with Crippen molar-refractivity contribution in [2.75, 3.05) is 0 Å². The molecule has 0 spiro atoms. The highest BCUT2D eigenvalue weighted by Crippen LogP contribution is 2.50. The molecule has 0 radical (unpaired) electrons. The van der Waals surface area contributed by atoms with Gasteiger partial charge in [0.15, 0.2) is 0 Å². The fourth-order valence-electron chi connectivity index (χ4n) is 9.99. The van der Waals surface area contributed by atoms with Crippen molar-refractivity contribution in [1.29, 1.82) is 0 Å². The Hall–Kier alpha value is -8.08. The van der Waals surface area contributed by atoms with Crippen molar-refractivity contribution in [1.82, 2.24) is 19.1 Å². The summed E-state index contributed by atoms with van der Waals surface area (Å²) in [6, 6.07) is 74.1. The summed E-state index contributed by atoms with van der Waals surface area (Å²) >= 11 is 0. The first kappa shape index (κ1) is 32.9. The molecular formula is C56H34N4. The molecular weight excluding hydrogens is 729 g/mol. The van der Waals surface area contributed by atoms with E-state index in [9.17, 15) is 0 Å². The van der Waals surface area contributed by atoms with Crippen LogP contribution in [0.3, 0.4) is 0 Å². The average Bonchev–Trinajstić information content (AvgIpc) is 3.86. The number of benzene rings is 10. The zero-order valence-corrected chi connectivity index (χ0v) is 32.4. The van der Waals surface area contributed by atoms with Crippen molar-refractivity contribution in [3.05, 3.63) is 206 Å². The molecule has 278 valence electrons. The lowest BCUT2D eigenvalue weighted by Crippen LogP contribution is -2.04. The predicted octanol–water partition coefficient (Wildman–Crippen LogP) is 14.6. The van der Waals surface area contributed by atoms with E-state index in [1.807, 2.05) is 0 Å². The van der Waals surface area contributed by atoms with Gasteiger partial charge in [-0.3, -0.25) is 4.57 Å². The molecule has 0 atom stereocenters. The molecule has 0 saturated carbocycles. The summed E-state index contributed by atoms with van der Waals surface area (Å²) in [5, 5.41) is 13.2. The van der Waals surface area contributed by atoms with Crippen LogP contribution in [0, 0.1) is 0 Å². The van der Waals surface area contributed by atoms with E-state index in [-0.39, 0.29) is 0 Å². The smallest absolute Gasteiger partial charge is 0.235 e. The lowest BCUT2D eigenvalue weighted by atomic mass is 9.89. The van der Waals surface area contributed by atoms with Crippen molar-refractivity contribution >= 4 is 86.8 Å². The largest absolute Gasteiger partial charge is 0.309 e. The Morgan fingerprint density at radius 3 is 1.37 bits per heavy atom. The number of fused-ring (bicyclic) bond motifs is 16. The predicted molar refractivity (Wildman–Crippen MR) is 252 cm³/mol. The Labute approximate surface area is 344 Å². The van der Waals surface area contributed by atoms with Gasteiger partial charge in [-0.15, -0.1) is 0 Å². The highest BCUT2D eigenvalue weighted by atomic mass is 15.2. The summed E-state index contributed by atoms with van der Waals surface area (Å²) in [6.07, 6.45) is 0. The molecule has 0 N–H and O–H groups in total. The molecule has 0 amide bonds. The van der Waals surface area contributed by atoms with E-state index >= 15 is 0 Å². The first-order chi connectivity index (χ1) is 29.8. The third-order valence-electron chi connectivity index (χ3n) is 12.5. The third-order valence-corrected chi connectivity index (χ3v) is 12.5. The highest BCUT2D eigenvalue weighted by Gasteiger charge is 2.26. The normalized spacial score (nSPS) is 12.0. The maximum atomic E-state index is 5.56. The number of hydrogen-bond donors (Lipinski definition) is 0. The van der Waals surface area contributed by atoms with Gasteiger partial charge in [0.2, 0.25) is 5.95 Å². The number of hydrogen-bond acceptors (Lipinski definition) is 2. The lowest BCUT2D eigenvalue weighted by Gasteiger charge is -2.16. The van der Waals surface area contributed by atoms with Gasteiger partial charge in [0.25, 0.3) is 0 Å². The van der Waals surface area contributed by atoms with Crippen molar-refractivity contribution in [2.24, 2.45) is 0 Å². The monoisotopic (exact) mass is 762 g/mol. The Morgan fingerprint density at radius 1 is 0.283 bits per heavy atom. The van der Waals surface area contributed by atoms with E-state index < -0.39 is 0 Å². The Kier molecular flexibility index (Phi) is 6.98. The van der Waals surface area contributed by atoms with E-state index in [1.54, 1.807) is 0 Å². The molecule has 0 aliphatic heterocycles. The number of rotatable bonds is 4. The summed E-state index contributed by atoms with van der Waals surface area (Å²) < 4.78 is 4.80. The molecule has 0 saturated heterocycles. The zero-order chi connectivity index (χ0) is 39.3. The highest BCUT2D eigenvalue weighted by molar-refractivity contribution is 6.45. The first-order valence-electron chi connectivity index (χ1n) is 20.5. The molecule has 0 aliphatic rings. The molecule has 3 aromatic heterocycles. The fraction of sp³-hybridized carbons (Fsp3) is 0. The number of aromatic nitrogens is 4.